The van der Waals surface area contributed by atoms with Crippen LogP contribution in [0.5, 0.6) is 5.75 Å². The molecule has 214 valence electrons. The molecule has 0 saturated carbocycles. The van der Waals surface area contributed by atoms with E-state index in [4.69, 9.17) is 4.74 Å². The molecule has 2 heterocycles. The zero-order valence-corrected chi connectivity index (χ0v) is 25.4. The van der Waals surface area contributed by atoms with Crippen LogP contribution in [0.3, 0.4) is 0 Å². The Morgan fingerprint density at radius 1 is 1.18 bits per heavy atom. The van der Waals surface area contributed by atoms with E-state index in [0.717, 1.165) is 61.8 Å². The van der Waals surface area contributed by atoms with E-state index in [2.05, 4.69) is 63.5 Å². The topological polar surface area (TPSA) is 28.6 Å². The molecule has 1 aromatic heterocycles. The Kier molecular flexibility index (Phi) is 11.6. The van der Waals surface area contributed by atoms with Gasteiger partial charge in [-0.1, -0.05) is 47.1 Å². The third-order valence-corrected chi connectivity index (χ3v) is 9.18. The summed E-state index contributed by atoms with van der Waals surface area (Å²) >= 11 is 1.60. The number of alkyl halides is 2. The van der Waals surface area contributed by atoms with E-state index in [9.17, 15) is 8.78 Å². The molecule has 0 radical (unpaired) electrons. The second-order valence-corrected chi connectivity index (χ2v) is 13.5. The lowest BCUT2D eigenvalue weighted by atomic mass is 9.72. The fourth-order valence-electron chi connectivity index (χ4n) is 5.87. The minimum absolute atomic E-state index is 0.207. The van der Waals surface area contributed by atoms with Crippen LogP contribution in [0.1, 0.15) is 83.6 Å². The second kappa shape index (κ2) is 14.2. The van der Waals surface area contributed by atoms with Crippen molar-refractivity contribution in [3.63, 3.8) is 0 Å². The molecule has 0 spiro atoms. The number of thiazole rings is 1. The second-order valence-electron chi connectivity index (χ2n) is 12.4. The molecule has 4 nitrogen and oxygen atoms in total. The highest BCUT2D eigenvalue weighted by molar-refractivity contribution is 7.15. The van der Waals surface area contributed by atoms with Crippen LogP contribution in [0, 0.1) is 17.3 Å². The molecule has 0 N–H and O–H groups in total. The Balaban J connectivity index is 1.76. The summed E-state index contributed by atoms with van der Waals surface area (Å²) in [5, 5.41) is 0.756. The molecule has 3 atom stereocenters. The number of nitrogens with zero attached hydrogens (tertiary/aromatic N) is 3. The van der Waals surface area contributed by atoms with Crippen LogP contribution in [-0.4, -0.2) is 54.6 Å². The molecule has 0 aliphatic carbocycles. The van der Waals surface area contributed by atoms with Gasteiger partial charge in [0.2, 0.25) is 0 Å². The zero-order valence-electron chi connectivity index (χ0n) is 24.6. The van der Waals surface area contributed by atoms with Crippen molar-refractivity contribution in [1.82, 2.24) is 14.8 Å². The van der Waals surface area contributed by atoms with Crippen LogP contribution in [0.4, 0.5) is 8.78 Å². The van der Waals surface area contributed by atoms with Gasteiger partial charge in [0, 0.05) is 36.8 Å². The molecule has 1 aliphatic heterocycles. The summed E-state index contributed by atoms with van der Waals surface area (Å²) in [6.07, 6.45) is 9.91. The minimum atomic E-state index is -2.86. The first-order valence-corrected chi connectivity index (χ1v) is 15.2. The third kappa shape index (κ3) is 8.99. The maximum atomic E-state index is 13.2. The normalized spacial score (nSPS) is 19.9. The van der Waals surface area contributed by atoms with Crippen LogP contribution in [0.15, 0.2) is 24.4 Å². The molecule has 1 aliphatic rings. The Bertz CT molecular complexity index is 988. The van der Waals surface area contributed by atoms with Gasteiger partial charge in [-0.25, -0.2) is 4.98 Å². The number of hydrogen-bond acceptors (Lipinski definition) is 5. The Labute approximate surface area is 233 Å². The summed E-state index contributed by atoms with van der Waals surface area (Å²) in [7, 11) is 4.25. The van der Waals surface area contributed by atoms with E-state index in [1.54, 1.807) is 17.4 Å². The maximum absolute atomic E-state index is 13.2. The van der Waals surface area contributed by atoms with Gasteiger partial charge in [-0.05, 0) is 87.6 Å². The lowest BCUT2D eigenvalue weighted by molar-refractivity contribution is -0.0494. The van der Waals surface area contributed by atoms with Crippen molar-refractivity contribution in [2.75, 3.05) is 27.2 Å². The number of piperidine rings is 1. The summed E-state index contributed by atoms with van der Waals surface area (Å²) in [6, 6.07) is 6.17. The smallest absolute Gasteiger partial charge is 0.387 e. The summed E-state index contributed by atoms with van der Waals surface area (Å²) in [4.78, 5) is 10.7. The van der Waals surface area contributed by atoms with Crippen LogP contribution < -0.4 is 4.74 Å². The van der Waals surface area contributed by atoms with Crippen LogP contribution >= 0.6 is 11.3 Å². The van der Waals surface area contributed by atoms with Gasteiger partial charge in [-0.15, -0.1) is 11.3 Å². The lowest BCUT2D eigenvalue weighted by Gasteiger charge is -2.43. The summed E-state index contributed by atoms with van der Waals surface area (Å²) in [5.74, 6) is 1.61. The monoisotopic (exact) mass is 549 g/mol. The number of rotatable bonds is 13. The molecule has 0 amide bonds. The molecule has 0 bridgehead atoms. The van der Waals surface area contributed by atoms with Crippen LogP contribution in [-0.2, 0) is 13.0 Å². The molecule has 7 heteroatoms. The number of halogens is 2. The van der Waals surface area contributed by atoms with Crippen molar-refractivity contribution >= 4 is 11.3 Å². The molecule has 38 heavy (non-hydrogen) atoms. The van der Waals surface area contributed by atoms with Gasteiger partial charge in [0.25, 0.3) is 0 Å². The van der Waals surface area contributed by atoms with Gasteiger partial charge < -0.3 is 9.64 Å². The average molecular weight is 550 g/mol. The van der Waals surface area contributed by atoms with E-state index < -0.39 is 6.61 Å². The van der Waals surface area contributed by atoms with E-state index in [1.165, 1.54) is 24.1 Å². The first kappa shape index (κ1) is 31.0. The van der Waals surface area contributed by atoms with Gasteiger partial charge in [-0.3, -0.25) is 4.90 Å². The Hall–Kier alpha value is -1.57. The first-order valence-electron chi connectivity index (χ1n) is 14.4. The van der Waals surface area contributed by atoms with E-state index in [0.29, 0.717) is 17.5 Å². The van der Waals surface area contributed by atoms with Crippen LogP contribution in [0.25, 0.3) is 10.6 Å². The van der Waals surface area contributed by atoms with Crippen molar-refractivity contribution in [3.8, 4) is 16.3 Å². The Morgan fingerprint density at radius 2 is 1.95 bits per heavy atom. The molecular formula is C31H49F2N3OS. The summed E-state index contributed by atoms with van der Waals surface area (Å²) < 4.78 is 31.4. The maximum Gasteiger partial charge on any atom is 0.387 e. The fourth-order valence-corrected chi connectivity index (χ4v) is 6.85. The molecule has 3 unspecified atom stereocenters. The highest BCUT2D eigenvalue weighted by Gasteiger charge is 2.34. The zero-order chi connectivity index (χ0) is 27.9. The van der Waals surface area contributed by atoms with Crippen molar-refractivity contribution in [1.29, 1.82) is 0 Å². The predicted molar refractivity (Wildman–Crippen MR) is 156 cm³/mol. The molecule has 1 aromatic carbocycles. The van der Waals surface area contributed by atoms with E-state index in [1.807, 2.05) is 18.3 Å². The number of ether oxygens (including phenoxy) is 1. The van der Waals surface area contributed by atoms with E-state index >= 15 is 0 Å². The molecule has 1 fully saturated rings. The standard InChI is InChI=1S/C31H49F2N3OS/c1-8-11-23-16-24(31(3,4)5)20-36(19-23)21-26-18-34-29(38-26)27-17-22(14-15-28(27)37-30(32)33)12-10-13-25(9-2)35(6)7/h14-15,17-18,23-25,30H,8-13,16,19-21H2,1-7H3. The fraction of sp³-hybridized carbons (Fsp3) is 0.710. The van der Waals surface area contributed by atoms with Gasteiger partial charge >= 0.3 is 6.61 Å². The van der Waals surface area contributed by atoms with Gasteiger partial charge in [0.1, 0.15) is 10.8 Å². The van der Waals surface area contributed by atoms with Gasteiger partial charge in [-0.2, -0.15) is 8.78 Å². The molecule has 3 rings (SSSR count). The Morgan fingerprint density at radius 3 is 2.58 bits per heavy atom. The number of aryl methyl sites for hydroxylation is 1. The first-order chi connectivity index (χ1) is 18.0. The number of likely N-dealkylation sites (tertiary alicyclic amines) is 1. The van der Waals surface area contributed by atoms with Gasteiger partial charge in [0.15, 0.2) is 0 Å². The highest BCUT2D eigenvalue weighted by atomic mass is 32.1. The van der Waals surface area contributed by atoms with Crippen molar-refractivity contribution in [2.45, 2.75) is 98.8 Å². The number of aromatic nitrogens is 1. The third-order valence-electron chi connectivity index (χ3n) is 8.16. The number of hydrogen-bond donors (Lipinski definition) is 0. The van der Waals surface area contributed by atoms with Crippen molar-refractivity contribution in [3.05, 3.63) is 34.8 Å². The largest absolute Gasteiger partial charge is 0.434 e. The van der Waals surface area contributed by atoms with Crippen molar-refractivity contribution in [2.24, 2.45) is 17.3 Å². The van der Waals surface area contributed by atoms with Crippen molar-refractivity contribution < 1.29 is 13.5 Å². The lowest BCUT2D eigenvalue weighted by Crippen LogP contribution is -2.44. The quantitative estimate of drug-likeness (QED) is 0.251. The molecule has 1 saturated heterocycles. The number of benzene rings is 1. The van der Waals surface area contributed by atoms with Crippen LogP contribution in [0.2, 0.25) is 0 Å². The van der Waals surface area contributed by atoms with Gasteiger partial charge in [0.05, 0.1) is 5.56 Å². The highest BCUT2D eigenvalue weighted by Crippen LogP contribution is 2.39. The minimum Gasteiger partial charge on any atom is -0.434 e. The average Bonchev–Trinajstić information content (AvgIpc) is 3.29. The summed E-state index contributed by atoms with van der Waals surface area (Å²) in [5.41, 5.74) is 2.10. The molecule has 2 aromatic rings. The summed E-state index contributed by atoms with van der Waals surface area (Å²) in [6.45, 7) is 11.8. The SMILES string of the molecule is CCCC1CC(C(C)(C)C)CN(Cc2cnc(-c3cc(CCCC(CC)N(C)C)ccc3OC(F)F)s2)C1. The van der Waals surface area contributed by atoms with E-state index in [-0.39, 0.29) is 11.2 Å². The predicted octanol–water partition coefficient (Wildman–Crippen LogP) is 8.36. The molecular weight excluding hydrogens is 500 g/mol.